The molecule has 0 saturated carbocycles. The lowest BCUT2D eigenvalue weighted by Gasteiger charge is -2.12. The number of imidazole rings is 1. The van der Waals surface area contributed by atoms with Crippen LogP contribution in [0.25, 0.3) is 33.3 Å². The number of nitrogens with zero attached hydrogens (tertiary/aromatic N) is 5. The average Bonchev–Trinajstić information content (AvgIpc) is 3.36. The van der Waals surface area contributed by atoms with Gasteiger partial charge in [0.15, 0.2) is 5.69 Å². The second-order valence-electron chi connectivity index (χ2n) is 8.24. The van der Waals surface area contributed by atoms with E-state index < -0.39 is 11.9 Å². The molecule has 0 atom stereocenters. The molecule has 0 radical (unpaired) electrons. The van der Waals surface area contributed by atoms with Gasteiger partial charge in [0.1, 0.15) is 17.3 Å². The van der Waals surface area contributed by atoms with Crippen LogP contribution in [-0.2, 0) is 12.7 Å². The first-order chi connectivity index (χ1) is 16.1. The molecule has 2 aromatic carbocycles. The maximum absolute atomic E-state index is 14.6. The van der Waals surface area contributed by atoms with Crippen LogP contribution < -0.4 is 0 Å². The van der Waals surface area contributed by atoms with Gasteiger partial charge < -0.3 is 9.13 Å². The number of aromatic nitrogens is 5. The van der Waals surface area contributed by atoms with Crippen LogP contribution in [0, 0.1) is 5.82 Å². The number of hydrogen-bond donors (Lipinski definition) is 0. The van der Waals surface area contributed by atoms with E-state index in [2.05, 4.69) is 15.0 Å². The van der Waals surface area contributed by atoms with Crippen LogP contribution >= 0.6 is 11.6 Å². The lowest BCUT2D eigenvalue weighted by Crippen LogP contribution is -2.05. The van der Waals surface area contributed by atoms with Gasteiger partial charge in [-0.15, -0.1) is 0 Å². The third kappa shape index (κ3) is 3.79. The fraction of sp³-hybridized carbons (Fsp3) is 0.208. The molecule has 0 unspecified atom stereocenters. The first-order valence-corrected chi connectivity index (χ1v) is 10.9. The SMILES string of the molecule is CC(C)n1cc(C(F)(F)F)nc1-c1ccc(Cn2c3cccc(F)c3c3cnc(Cl)nc32)cc1. The summed E-state index contributed by atoms with van der Waals surface area (Å²) in [6, 6.07) is 11.7. The van der Waals surface area contributed by atoms with Crippen molar-refractivity contribution in [2.45, 2.75) is 32.6 Å². The molecule has 3 aromatic heterocycles. The molecule has 0 aliphatic rings. The van der Waals surface area contributed by atoms with Crippen molar-refractivity contribution >= 4 is 33.5 Å². The smallest absolute Gasteiger partial charge is 0.328 e. The highest BCUT2D eigenvalue weighted by molar-refractivity contribution is 6.28. The molecule has 10 heteroatoms. The van der Waals surface area contributed by atoms with Crippen LogP contribution in [0.2, 0.25) is 5.28 Å². The number of halogens is 5. The molecule has 0 saturated heterocycles. The maximum atomic E-state index is 14.6. The molecule has 5 nitrogen and oxygen atoms in total. The molecule has 0 bridgehead atoms. The second kappa shape index (κ2) is 8.09. The minimum absolute atomic E-state index is 0.0494. The Balaban J connectivity index is 1.56. The summed E-state index contributed by atoms with van der Waals surface area (Å²) in [6.07, 6.45) is -1.99. The van der Waals surface area contributed by atoms with Crippen LogP contribution in [0.1, 0.15) is 31.1 Å². The van der Waals surface area contributed by atoms with Gasteiger partial charge in [-0.25, -0.2) is 14.4 Å². The van der Waals surface area contributed by atoms with E-state index in [0.717, 1.165) is 11.8 Å². The van der Waals surface area contributed by atoms with E-state index in [1.807, 2.05) is 16.7 Å². The van der Waals surface area contributed by atoms with Crippen molar-refractivity contribution in [2.24, 2.45) is 0 Å². The fourth-order valence-electron chi connectivity index (χ4n) is 4.09. The number of alkyl halides is 3. The van der Waals surface area contributed by atoms with Crippen molar-refractivity contribution in [3.05, 3.63) is 77.2 Å². The number of benzene rings is 2. The van der Waals surface area contributed by atoms with Crippen molar-refractivity contribution in [2.75, 3.05) is 0 Å². The highest BCUT2D eigenvalue weighted by atomic mass is 35.5. The topological polar surface area (TPSA) is 48.5 Å². The summed E-state index contributed by atoms with van der Waals surface area (Å²) in [5.74, 6) is -0.143. The summed E-state index contributed by atoms with van der Waals surface area (Å²) >= 11 is 6.01. The molecule has 5 aromatic rings. The maximum Gasteiger partial charge on any atom is 0.434 e. The van der Waals surface area contributed by atoms with E-state index in [1.165, 1.54) is 16.8 Å². The number of rotatable bonds is 4. The summed E-state index contributed by atoms with van der Waals surface area (Å²) in [6.45, 7) is 3.95. The quantitative estimate of drug-likeness (QED) is 0.205. The lowest BCUT2D eigenvalue weighted by atomic mass is 10.1. The van der Waals surface area contributed by atoms with Crippen LogP contribution in [0.3, 0.4) is 0 Å². The van der Waals surface area contributed by atoms with Crippen LogP contribution in [-0.4, -0.2) is 24.1 Å². The van der Waals surface area contributed by atoms with Crippen molar-refractivity contribution in [1.29, 1.82) is 0 Å². The van der Waals surface area contributed by atoms with Gasteiger partial charge in [0, 0.05) is 41.3 Å². The van der Waals surface area contributed by atoms with Gasteiger partial charge in [-0.05, 0) is 43.1 Å². The molecule has 0 aliphatic heterocycles. The van der Waals surface area contributed by atoms with Gasteiger partial charge in [0.05, 0.1) is 5.52 Å². The van der Waals surface area contributed by atoms with Gasteiger partial charge >= 0.3 is 6.18 Å². The van der Waals surface area contributed by atoms with Crippen molar-refractivity contribution < 1.29 is 17.6 Å². The van der Waals surface area contributed by atoms with Crippen molar-refractivity contribution in [3.63, 3.8) is 0 Å². The van der Waals surface area contributed by atoms with Gasteiger partial charge in [-0.3, -0.25) is 0 Å². The molecule has 0 spiro atoms. The highest BCUT2D eigenvalue weighted by Crippen LogP contribution is 2.33. The summed E-state index contributed by atoms with van der Waals surface area (Å²) in [5, 5.41) is 1.01. The molecule has 0 aliphatic carbocycles. The lowest BCUT2D eigenvalue weighted by molar-refractivity contribution is -0.140. The van der Waals surface area contributed by atoms with Gasteiger partial charge in [0.2, 0.25) is 5.28 Å². The number of hydrogen-bond acceptors (Lipinski definition) is 3. The van der Waals surface area contributed by atoms with E-state index in [0.29, 0.717) is 34.0 Å². The zero-order valence-corrected chi connectivity index (χ0v) is 18.9. The molecule has 34 heavy (non-hydrogen) atoms. The monoisotopic (exact) mass is 487 g/mol. The van der Waals surface area contributed by atoms with Crippen LogP contribution in [0.5, 0.6) is 0 Å². The van der Waals surface area contributed by atoms with Crippen LogP contribution in [0.15, 0.2) is 54.9 Å². The summed E-state index contributed by atoms with van der Waals surface area (Å²) in [7, 11) is 0. The minimum Gasteiger partial charge on any atom is -0.328 e. The summed E-state index contributed by atoms with van der Waals surface area (Å²) in [4.78, 5) is 12.1. The van der Waals surface area contributed by atoms with Crippen molar-refractivity contribution in [3.8, 4) is 11.4 Å². The molecule has 0 amide bonds. The summed E-state index contributed by atoms with van der Waals surface area (Å²) < 4.78 is 57.6. The molecule has 3 heterocycles. The molecular weight excluding hydrogens is 470 g/mol. The van der Waals surface area contributed by atoms with Gasteiger partial charge in [0.25, 0.3) is 0 Å². The van der Waals surface area contributed by atoms with Gasteiger partial charge in [-0.1, -0.05) is 30.3 Å². The predicted octanol–water partition coefficient (Wildman–Crippen LogP) is 6.89. The summed E-state index contributed by atoms with van der Waals surface area (Å²) in [5.41, 5.74) is 1.62. The van der Waals surface area contributed by atoms with Crippen molar-refractivity contribution in [1.82, 2.24) is 24.1 Å². The Morgan fingerprint density at radius 2 is 1.76 bits per heavy atom. The standard InChI is InChI=1S/C24H18ClF4N5/c1-13(2)33-12-19(24(27,28)29)31-21(33)15-8-6-14(7-9-15)11-34-18-5-3-4-17(26)20(18)16-10-30-23(25)32-22(16)34/h3-10,12-13H,11H2,1-2H3. The van der Waals surface area contributed by atoms with Crippen LogP contribution in [0.4, 0.5) is 17.6 Å². The Kier molecular flexibility index (Phi) is 5.31. The first kappa shape index (κ1) is 22.3. The normalized spacial score (nSPS) is 12.4. The Bertz CT molecular complexity index is 1520. The minimum atomic E-state index is -4.52. The largest absolute Gasteiger partial charge is 0.434 e. The molecular formula is C24H18ClF4N5. The Labute approximate surface area is 196 Å². The molecule has 174 valence electrons. The highest BCUT2D eigenvalue weighted by Gasteiger charge is 2.35. The Morgan fingerprint density at radius 1 is 1.03 bits per heavy atom. The fourth-order valence-corrected chi connectivity index (χ4v) is 4.22. The predicted molar refractivity (Wildman–Crippen MR) is 122 cm³/mol. The Morgan fingerprint density at radius 3 is 2.44 bits per heavy atom. The average molecular weight is 488 g/mol. The molecule has 0 fully saturated rings. The van der Waals surface area contributed by atoms with E-state index in [9.17, 15) is 17.6 Å². The zero-order chi connectivity index (χ0) is 24.2. The van der Waals surface area contributed by atoms with E-state index in [1.54, 1.807) is 38.1 Å². The number of fused-ring (bicyclic) bond motifs is 3. The molecule has 5 rings (SSSR count). The van der Waals surface area contributed by atoms with Gasteiger partial charge in [-0.2, -0.15) is 18.2 Å². The molecule has 0 N–H and O–H groups in total. The Hall–Kier alpha value is -3.46. The zero-order valence-electron chi connectivity index (χ0n) is 18.1. The van der Waals surface area contributed by atoms with E-state index in [4.69, 9.17) is 11.6 Å². The first-order valence-electron chi connectivity index (χ1n) is 10.5. The third-order valence-electron chi connectivity index (χ3n) is 5.68. The third-order valence-corrected chi connectivity index (χ3v) is 5.86. The van der Waals surface area contributed by atoms with E-state index >= 15 is 0 Å². The van der Waals surface area contributed by atoms with E-state index in [-0.39, 0.29) is 23.0 Å². The second-order valence-corrected chi connectivity index (χ2v) is 8.58.